The van der Waals surface area contributed by atoms with Crippen LogP contribution in [0.15, 0.2) is 10.7 Å². The van der Waals surface area contributed by atoms with Crippen LogP contribution >= 0.6 is 23.3 Å². The normalized spacial score (nSPS) is 13.9. The number of rotatable bonds is 11. The second-order valence-corrected chi connectivity index (χ2v) is 7.11. The number of hydrogen-bond donors (Lipinski definition) is 1. The molecule has 5 nitrogen and oxygen atoms in total. The summed E-state index contributed by atoms with van der Waals surface area (Å²) in [6, 6.07) is 0. The summed E-state index contributed by atoms with van der Waals surface area (Å²) in [7, 11) is 0. The zero-order valence-electron chi connectivity index (χ0n) is 13.1. The first-order valence-corrected chi connectivity index (χ1v) is 9.20. The number of ether oxygens (including phenoxy) is 1. The highest BCUT2D eigenvalue weighted by Gasteiger charge is 2.33. The largest absolute Gasteiger partial charge is 0.465 e. The van der Waals surface area contributed by atoms with Crippen LogP contribution in [-0.2, 0) is 9.53 Å². The van der Waals surface area contributed by atoms with Gasteiger partial charge in [-0.05, 0) is 51.2 Å². The quantitative estimate of drug-likeness (QED) is 0.382. The highest BCUT2D eigenvalue weighted by Crippen LogP contribution is 2.22. The zero-order valence-corrected chi connectivity index (χ0v) is 14.7. The molecule has 0 fully saturated rings. The van der Waals surface area contributed by atoms with Gasteiger partial charge in [0.1, 0.15) is 11.9 Å². The Bertz CT molecular complexity index is 401. The molecule has 0 aliphatic rings. The van der Waals surface area contributed by atoms with Crippen LogP contribution in [0.3, 0.4) is 0 Å². The van der Waals surface area contributed by atoms with Crippen molar-refractivity contribution in [2.24, 2.45) is 0 Å². The average molecular weight is 332 g/mol. The van der Waals surface area contributed by atoms with Gasteiger partial charge in [0.25, 0.3) is 0 Å². The number of carbonyl (C=O) groups is 1. The predicted molar refractivity (Wildman–Crippen MR) is 87.8 cm³/mol. The highest BCUT2D eigenvalue weighted by atomic mass is 32.2. The van der Waals surface area contributed by atoms with E-state index in [1.165, 1.54) is 11.5 Å². The number of esters is 1. The van der Waals surface area contributed by atoms with Crippen LogP contribution in [0.5, 0.6) is 0 Å². The van der Waals surface area contributed by atoms with E-state index in [2.05, 4.69) is 21.6 Å². The maximum Gasteiger partial charge on any atom is 0.326 e. The molecule has 1 unspecified atom stereocenters. The molecule has 0 saturated carbocycles. The van der Waals surface area contributed by atoms with Gasteiger partial charge in [0, 0.05) is 5.75 Å². The number of carbonyl (C=O) groups excluding carboxylic acids is 1. The minimum Gasteiger partial charge on any atom is -0.465 e. The van der Waals surface area contributed by atoms with Gasteiger partial charge in [-0.15, -0.1) is 0 Å². The fourth-order valence-corrected chi connectivity index (χ4v) is 3.43. The van der Waals surface area contributed by atoms with Gasteiger partial charge in [-0.1, -0.05) is 25.1 Å². The number of hydrogen-bond acceptors (Lipinski definition) is 7. The second kappa shape index (κ2) is 10.1. The van der Waals surface area contributed by atoms with E-state index in [0.29, 0.717) is 6.61 Å². The topological polar surface area (TPSA) is 64.1 Å². The Morgan fingerprint density at radius 1 is 1.48 bits per heavy atom. The van der Waals surface area contributed by atoms with Crippen molar-refractivity contribution in [1.29, 1.82) is 0 Å². The molecule has 0 saturated heterocycles. The standard InChI is InChI=1S/C14H25N3O2S2/c1-4-9-16-14(3,12(18)19-5-2)8-6-7-10-20-13-15-11-17-21-13/h11,16H,4-10H2,1-3H3. The van der Waals surface area contributed by atoms with Gasteiger partial charge >= 0.3 is 5.97 Å². The lowest BCUT2D eigenvalue weighted by Gasteiger charge is -2.28. The lowest BCUT2D eigenvalue weighted by atomic mass is 9.95. The van der Waals surface area contributed by atoms with Crippen LogP contribution in [0.1, 0.15) is 46.5 Å². The lowest BCUT2D eigenvalue weighted by Crippen LogP contribution is -2.50. The van der Waals surface area contributed by atoms with Crippen molar-refractivity contribution < 1.29 is 9.53 Å². The van der Waals surface area contributed by atoms with Crippen molar-refractivity contribution in [3.63, 3.8) is 0 Å². The van der Waals surface area contributed by atoms with Crippen molar-refractivity contribution in [3.8, 4) is 0 Å². The molecule has 0 spiro atoms. The molecule has 0 aromatic carbocycles. The molecule has 1 rings (SSSR count). The van der Waals surface area contributed by atoms with Crippen molar-refractivity contribution in [1.82, 2.24) is 14.7 Å². The number of nitrogens with zero attached hydrogens (tertiary/aromatic N) is 2. The molecule has 120 valence electrons. The maximum absolute atomic E-state index is 12.1. The molecular formula is C14H25N3O2S2. The summed E-state index contributed by atoms with van der Waals surface area (Å²) in [5, 5.41) is 3.33. The minimum absolute atomic E-state index is 0.143. The third-order valence-electron chi connectivity index (χ3n) is 3.13. The van der Waals surface area contributed by atoms with Crippen LogP contribution in [0.25, 0.3) is 0 Å². The average Bonchev–Trinajstić information content (AvgIpc) is 2.98. The van der Waals surface area contributed by atoms with Gasteiger partial charge < -0.3 is 10.1 Å². The number of unbranched alkanes of at least 4 members (excludes halogenated alkanes) is 1. The van der Waals surface area contributed by atoms with E-state index in [9.17, 15) is 4.79 Å². The third kappa shape index (κ3) is 6.76. The lowest BCUT2D eigenvalue weighted by molar-refractivity contribution is -0.150. The molecule has 0 radical (unpaired) electrons. The highest BCUT2D eigenvalue weighted by molar-refractivity contribution is 8.00. The Kier molecular flexibility index (Phi) is 8.87. The van der Waals surface area contributed by atoms with E-state index in [-0.39, 0.29) is 5.97 Å². The van der Waals surface area contributed by atoms with E-state index in [1.807, 2.05) is 13.8 Å². The Morgan fingerprint density at radius 3 is 2.90 bits per heavy atom. The van der Waals surface area contributed by atoms with Crippen molar-refractivity contribution in [3.05, 3.63) is 6.33 Å². The fraction of sp³-hybridized carbons (Fsp3) is 0.786. The van der Waals surface area contributed by atoms with E-state index in [0.717, 1.165) is 42.3 Å². The first-order valence-electron chi connectivity index (χ1n) is 7.44. The summed E-state index contributed by atoms with van der Waals surface area (Å²) < 4.78 is 10.2. The Hall–Kier alpha value is -0.660. The monoisotopic (exact) mass is 331 g/mol. The van der Waals surface area contributed by atoms with Gasteiger partial charge in [0.15, 0.2) is 4.34 Å². The maximum atomic E-state index is 12.1. The van der Waals surface area contributed by atoms with Crippen LogP contribution in [0.4, 0.5) is 0 Å². The molecule has 0 bridgehead atoms. The molecule has 1 heterocycles. The Morgan fingerprint density at radius 2 is 2.29 bits per heavy atom. The van der Waals surface area contributed by atoms with Gasteiger partial charge in [-0.3, -0.25) is 4.79 Å². The predicted octanol–water partition coefficient (Wildman–Crippen LogP) is 3.12. The van der Waals surface area contributed by atoms with Crippen molar-refractivity contribution in [2.45, 2.75) is 56.3 Å². The molecule has 0 amide bonds. The number of thioether (sulfide) groups is 1. The van der Waals surface area contributed by atoms with E-state index in [1.54, 1.807) is 18.1 Å². The Labute approximate surface area is 135 Å². The molecule has 1 aromatic heterocycles. The summed E-state index contributed by atoms with van der Waals surface area (Å²) in [5.41, 5.74) is -0.570. The first-order chi connectivity index (χ1) is 10.1. The van der Waals surface area contributed by atoms with Gasteiger partial charge in [-0.2, -0.15) is 4.37 Å². The summed E-state index contributed by atoms with van der Waals surface area (Å²) in [5.74, 6) is 0.859. The van der Waals surface area contributed by atoms with Crippen LogP contribution in [0, 0.1) is 0 Å². The molecule has 1 atom stereocenters. The number of nitrogens with one attached hydrogen (secondary N) is 1. The summed E-state index contributed by atoms with van der Waals surface area (Å²) in [6.45, 7) is 7.14. The molecule has 7 heteroatoms. The van der Waals surface area contributed by atoms with E-state index >= 15 is 0 Å². The minimum atomic E-state index is -0.570. The van der Waals surface area contributed by atoms with Crippen LogP contribution in [-0.4, -0.2) is 39.8 Å². The smallest absolute Gasteiger partial charge is 0.326 e. The first kappa shape index (κ1) is 18.4. The van der Waals surface area contributed by atoms with Crippen LogP contribution in [0.2, 0.25) is 0 Å². The van der Waals surface area contributed by atoms with Crippen molar-refractivity contribution in [2.75, 3.05) is 18.9 Å². The van der Waals surface area contributed by atoms with Crippen LogP contribution < -0.4 is 5.32 Å². The van der Waals surface area contributed by atoms with E-state index in [4.69, 9.17) is 4.74 Å². The molecule has 1 N–H and O–H groups in total. The fourth-order valence-electron chi connectivity index (χ4n) is 1.92. The van der Waals surface area contributed by atoms with E-state index < -0.39 is 5.54 Å². The zero-order chi connectivity index (χ0) is 15.6. The second-order valence-electron chi connectivity index (χ2n) is 4.99. The SMILES string of the molecule is CCCNC(C)(CCCCSc1ncns1)C(=O)OCC. The summed E-state index contributed by atoms with van der Waals surface area (Å²) >= 11 is 3.15. The molecule has 1 aromatic rings. The Balaban J connectivity index is 2.32. The molecule has 0 aliphatic heterocycles. The molecular weight excluding hydrogens is 306 g/mol. The summed E-state index contributed by atoms with van der Waals surface area (Å²) in [6.07, 6.45) is 5.41. The summed E-state index contributed by atoms with van der Waals surface area (Å²) in [4.78, 5) is 16.3. The number of aromatic nitrogens is 2. The van der Waals surface area contributed by atoms with Gasteiger partial charge in [0.05, 0.1) is 6.61 Å². The molecule has 21 heavy (non-hydrogen) atoms. The van der Waals surface area contributed by atoms with Gasteiger partial charge in [0.2, 0.25) is 0 Å². The van der Waals surface area contributed by atoms with Crippen molar-refractivity contribution >= 4 is 29.3 Å². The third-order valence-corrected chi connectivity index (χ3v) is 5.01. The van der Waals surface area contributed by atoms with Gasteiger partial charge in [-0.25, -0.2) is 4.98 Å². The molecule has 0 aliphatic carbocycles.